The largest absolute Gasteiger partial charge is 0.417 e. The van der Waals surface area contributed by atoms with E-state index in [0.717, 1.165) is 11.6 Å². The number of benzene rings is 1. The van der Waals surface area contributed by atoms with Gasteiger partial charge in [0.15, 0.2) is 10.9 Å². The van der Waals surface area contributed by atoms with Crippen molar-refractivity contribution in [1.82, 2.24) is 9.97 Å². The highest BCUT2D eigenvalue weighted by Crippen LogP contribution is 2.39. The van der Waals surface area contributed by atoms with E-state index in [1.54, 1.807) is 23.8 Å². The van der Waals surface area contributed by atoms with Gasteiger partial charge < -0.3 is 0 Å². The zero-order valence-corrected chi connectivity index (χ0v) is 17.7. The van der Waals surface area contributed by atoms with E-state index in [9.17, 15) is 22.8 Å². The van der Waals surface area contributed by atoms with Crippen LogP contribution >= 0.6 is 11.3 Å². The van der Waals surface area contributed by atoms with Crippen LogP contribution in [0.5, 0.6) is 0 Å². The van der Waals surface area contributed by atoms with Crippen LogP contribution in [0, 0.1) is 5.92 Å². The Bertz CT molecular complexity index is 1090. The maximum atomic E-state index is 13.3. The first-order chi connectivity index (χ1) is 15.3. The highest BCUT2D eigenvalue weighted by molar-refractivity contribution is 7.13. The molecule has 32 heavy (non-hydrogen) atoms. The van der Waals surface area contributed by atoms with Gasteiger partial charge in [0.1, 0.15) is 5.69 Å². The summed E-state index contributed by atoms with van der Waals surface area (Å²) in [5.41, 5.74) is 0.109. The van der Waals surface area contributed by atoms with Gasteiger partial charge in [0.2, 0.25) is 0 Å². The minimum atomic E-state index is -4.55. The van der Waals surface area contributed by atoms with E-state index in [4.69, 9.17) is 0 Å². The number of nitrogens with one attached hydrogen (secondary N) is 1. The van der Waals surface area contributed by atoms with E-state index in [0.29, 0.717) is 30.8 Å². The Morgan fingerprint density at radius 3 is 2.38 bits per heavy atom. The average Bonchev–Trinajstić information content (AvgIpc) is 3.31. The second-order valence-electron chi connectivity index (χ2n) is 7.72. The van der Waals surface area contributed by atoms with Crippen LogP contribution in [-0.2, 0) is 6.18 Å². The Hall–Kier alpha value is -3.07. The zero-order chi connectivity index (χ0) is 22.7. The molecule has 166 valence electrons. The summed E-state index contributed by atoms with van der Waals surface area (Å²) < 4.78 is 39.8. The van der Waals surface area contributed by atoms with Crippen molar-refractivity contribution in [3.8, 4) is 0 Å². The van der Waals surface area contributed by atoms with Crippen molar-refractivity contribution in [2.45, 2.75) is 37.8 Å². The van der Waals surface area contributed by atoms with Crippen LogP contribution in [0.1, 0.15) is 63.6 Å². The molecule has 2 heterocycles. The first-order valence-electron chi connectivity index (χ1n) is 10.2. The third-order valence-electron chi connectivity index (χ3n) is 5.74. The van der Waals surface area contributed by atoms with Crippen LogP contribution < -0.4 is 5.32 Å². The van der Waals surface area contributed by atoms with E-state index in [2.05, 4.69) is 15.3 Å². The molecule has 1 aliphatic carbocycles. The van der Waals surface area contributed by atoms with Gasteiger partial charge >= 0.3 is 6.18 Å². The lowest BCUT2D eigenvalue weighted by molar-refractivity contribution is -0.137. The molecule has 1 amide bonds. The van der Waals surface area contributed by atoms with Crippen molar-refractivity contribution in [2.24, 2.45) is 5.92 Å². The van der Waals surface area contributed by atoms with Crippen LogP contribution in [0.15, 0.2) is 54.2 Å². The Morgan fingerprint density at radius 2 is 1.75 bits per heavy atom. The lowest BCUT2D eigenvalue weighted by atomic mass is 9.76. The first-order valence-corrected chi connectivity index (χ1v) is 11.1. The van der Waals surface area contributed by atoms with E-state index >= 15 is 0 Å². The third-order valence-corrected chi connectivity index (χ3v) is 6.43. The van der Waals surface area contributed by atoms with Gasteiger partial charge in [0.05, 0.1) is 5.56 Å². The Labute approximate surface area is 186 Å². The molecule has 0 radical (unpaired) electrons. The summed E-state index contributed by atoms with van der Waals surface area (Å²) in [6.07, 6.45) is 1.09. The van der Waals surface area contributed by atoms with Crippen LogP contribution in [0.4, 0.5) is 18.3 Å². The van der Waals surface area contributed by atoms with Gasteiger partial charge in [-0.05, 0) is 49.3 Å². The lowest BCUT2D eigenvalue weighted by Crippen LogP contribution is -2.24. The van der Waals surface area contributed by atoms with E-state index in [1.807, 2.05) is 6.07 Å². The predicted molar refractivity (Wildman–Crippen MR) is 115 cm³/mol. The number of Topliss-reactive ketones (excluding diaryl/α,β-unsaturated/α-hetero) is 1. The molecular formula is C23H20F3N3O2S. The molecule has 1 N–H and O–H groups in total. The number of rotatable bonds is 5. The Balaban J connectivity index is 1.38. The molecule has 1 aliphatic rings. The average molecular weight is 459 g/mol. The van der Waals surface area contributed by atoms with Gasteiger partial charge in [-0.15, -0.1) is 11.3 Å². The van der Waals surface area contributed by atoms with Gasteiger partial charge in [0, 0.05) is 29.3 Å². The molecule has 0 atom stereocenters. The molecule has 1 fully saturated rings. The van der Waals surface area contributed by atoms with Crippen LogP contribution in [0.3, 0.4) is 0 Å². The maximum Gasteiger partial charge on any atom is 0.417 e. The highest BCUT2D eigenvalue weighted by atomic mass is 32.1. The molecule has 0 spiro atoms. The molecule has 9 heteroatoms. The van der Waals surface area contributed by atoms with Gasteiger partial charge in [-0.25, -0.2) is 4.98 Å². The van der Waals surface area contributed by atoms with Gasteiger partial charge in [-0.1, -0.05) is 24.3 Å². The van der Waals surface area contributed by atoms with E-state index in [1.165, 1.54) is 29.5 Å². The number of ketones is 1. The molecule has 0 saturated heterocycles. The maximum absolute atomic E-state index is 13.3. The number of hydrogen-bond donors (Lipinski definition) is 1. The van der Waals surface area contributed by atoms with E-state index in [-0.39, 0.29) is 23.1 Å². The topological polar surface area (TPSA) is 72.0 Å². The Kier molecular flexibility index (Phi) is 6.36. The van der Waals surface area contributed by atoms with E-state index < -0.39 is 23.4 Å². The van der Waals surface area contributed by atoms with Crippen molar-refractivity contribution < 1.29 is 22.8 Å². The number of hydrogen-bond acceptors (Lipinski definition) is 5. The molecule has 0 bridgehead atoms. The summed E-state index contributed by atoms with van der Waals surface area (Å²) >= 11 is 1.31. The van der Waals surface area contributed by atoms with Crippen LogP contribution in [0.25, 0.3) is 0 Å². The summed E-state index contributed by atoms with van der Waals surface area (Å²) in [6, 6.07) is 8.47. The number of pyridine rings is 1. The number of halogens is 3. The SMILES string of the molecule is O=C(Nc1nccs1)c1ccc(C2CCC(C(=O)c3ccccc3C(F)(F)F)CC2)cn1. The fourth-order valence-corrected chi connectivity index (χ4v) is 4.61. The molecule has 2 aromatic heterocycles. The van der Waals surface area contributed by atoms with Crippen molar-refractivity contribution in [3.05, 3.63) is 76.6 Å². The van der Waals surface area contributed by atoms with Crippen molar-refractivity contribution >= 4 is 28.2 Å². The fraction of sp³-hybridized carbons (Fsp3) is 0.304. The summed E-state index contributed by atoms with van der Waals surface area (Å²) in [4.78, 5) is 33.3. The molecular weight excluding hydrogens is 439 g/mol. The zero-order valence-electron chi connectivity index (χ0n) is 16.9. The number of anilines is 1. The molecule has 3 aromatic rings. The summed E-state index contributed by atoms with van der Waals surface area (Å²) in [7, 11) is 0. The predicted octanol–water partition coefficient (Wildman–Crippen LogP) is 5.97. The molecule has 4 rings (SSSR count). The number of nitrogens with zero attached hydrogens (tertiary/aromatic N) is 2. The third kappa shape index (κ3) is 4.88. The minimum Gasteiger partial charge on any atom is -0.296 e. The summed E-state index contributed by atoms with van der Waals surface area (Å²) in [5.74, 6) is -1.06. The minimum absolute atomic E-state index is 0.153. The highest BCUT2D eigenvalue weighted by Gasteiger charge is 2.37. The quantitative estimate of drug-likeness (QED) is 0.478. The number of amides is 1. The standard InChI is InChI=1S/C23H20F3N3O2S/c24-23(25,26)18-4-2-1-3-17(18)20(30)15-7-5-14(6-8-15)16-9-10-19(28-13-16)21(31)29-22-27-11-12-32-22/h1-4,9-15H,5-8H2,(H,27,29,31). The number of carbonyl (C=O) groups is 2. The summed E-state index contributed by atoms with van der Waals surface area (Å²) in [6.45, 7) is 0. The molecule has 1 saturated carbocycles. The van der Waals surface area contributed by atoms with Gasteiger partial charge in [-0.2, -0.15) is 13.2 Å². The first kappa shape index (κ1) is 22.1. The van der Waals surface area contributed by atoms with Crippen molar-refractivity contribution in [3.63, 3.8) is 0 Å². The van der Waals surface area contributed by atoms with Crippen molar-refractivity contribution in [1.29, 1.82) is 0 Å². The van der Waals surface area contributed by atoms with Gasteiger partial charge in [-0.3, -0.25) is 19.9 Å². The second kappa shape index (κ2) is 9.20. The normalized spacial score (nSPS) is 18.8. The van der Waals surface area contributed by atoms with Crippen LogP contribution in [0.2, 0.25) is 0 Å². The number of alkyl halides is 3. The second-order valence-corrected chi connectivity index (χ2v) is 8.62. The Morgan fingerprint density at radius 1 is 1.00 bits per heavy atom. The molecule has 0 unspecified atom stereocenters. The monoisotopic (exact) mass is 459 g/mol. The number of carbonyl (C=O) groups excluding carboxylic acids is 2. The fourth-order valence-electron chi connectivity index (χ4n) is 4.08. The molecule has 1 aromatic carbocycles. The molecule has 5 nitrogen and oxygen atoms in total. The molecule has 0 aliphatic heterocycles. The van der Waals surface area contributed by atoms with Gasteiger partial charge in [0.25, 0.3) is 5.91 Å². The number of thiazole rings is 1. The van der Waals surface area contributed by atoms with Crippen LogP contribution in [-0.4, -0.2) is 21.7 Å². The lowest BCUT2D eigenvalue weighted by Gasteiger charge is -2.28. The smallest absolute Gasteiger partial charge is 0.296 e. The van der Waals surface area contributed by atoms with Crippen molar-refractivity contribution in [2.75, 3.05) is 5.32 Å². The number of aromatic nitrogens is 2. The summed E-state index contributed by atoms with van der Waals surface area (Å²) in [5, 5.41) is 4.93.